The summed E-state index contributed by atoms with van der Waals surface area (Å²) in [5.74, 6) is 1.66. The number of benzene rings is 2. The molecular formula is C22H24N4O. The SMILES string of the molecule is O=C(CCc1ccccc1)N1CCC(Cc2nncn2-c2ccccc2)C1. The maximum atomic E-state index is 12.5. The lowest BCUT2D eigenvalue weighted by molar-refractivity contribution is -0.130. The molecule has 2 aromatic carbocycles. The van der Waals surface area contributed by atoms with Gasteiger partial charge < -0.3 is 4.90 Å². The van der Waals surface area contributed by atoms with Gasteiger partial charge in [-0.2, -0.15) is 0 Å². The Kier molecular flexibility index (Phi) is 5.28. The van der Waals surface area contributed by atoms with Gasteiger partial charge >= 0.3 is 0 Å². The van der Waals surface area contributed by atoms with Gasteiger partial charge in [0, 0.05) is 31.6 Å². The second-order valence-electron chi connectivity index (χ2n) is 7.14. The highest BCUT2D eigenvalue weighted by Gasteiger charge is 2.27. The van der Waals surface area contributed by atoms with Crippen molar-refractivity contribution in [2.24, 2.45) is 5.92 Å². The van der Waals surface area contributed by atoms with Gasteiger partial charge in [0.2, 0.25) is 5.91 Å². The molecule has 0 N–H and O–H groups in total. The highest BCUT2D eigenvalue weighted by molar-refractivity contribution is 5.76. The summed E-state index contributed by atoms with van der Waals surface area (Å²) in [6, 6.07) is 20.4. The molecule has 1 unspecified atom stereocenters. The van der Waals surface area contributed by atoms with Crippen molar-refractivity contribution >= 4 is 5.91 Å². The van der Waals surface area contributed by atoms with Gasteiger partial charge in [-0.3, -0.25) is 9.36 Å². The number of rotatable bonds is 6. The van der Waals surface area contributed by atoms with E-state index in [9.17, 15) is 4.79 Å². The van der Waals surface area contributed by atoms with Crippen molar-refractivity contribution < 1.29 is 4.79 Å². The predicted octanol–water partition coefficient (Wildman–Crippen LogP) is 3.29. The van der Waals surface area contributed by atoms with Gasteiger partial charge in [0.05, 0.1) is 0 Å². The number of para-hydroxylation sites is 1. The lowest BCUT2D eigenvalue weighted by Crippen LogP contribution is -2.29. The Morgan fingerprint density at radius 3 is 2.56 bits per heavy atom. The molecule has 1 aromatic heterocycles. The third-order valence-electron chi connectivity index (χ3n) is 5.23. The van der Waals surface area contributed by atoms with Crippen LogP contribution >= 0.6 is 0 Å². The molecule has 0 bridgehead atoms. The molecule has 0 aliphatic carbocycles. The van der Waals surface area contributed by atoms with Crippen LogP contribution in [0.4, 0.5) is 0 Å². The van der Waals surface area contributed by atoms with E-state index in [4.69, 9.17) is 0 Å². The molecule has 1 saturated heterocycles. The molecule has 0 radical (unpaired) electrons. The number of likely N-dealkylation sites (tertiary alicyclic amines) is 1. The Labute approximate surface area is 159 Å². The zero-order valence-electron chi connectivity index (χ0n) is 15.4. The molecule has 1 atom stereocenters. The monoisotopic (exact) mass is 360 g/mol. The van der Waals surface area contributed by atoms with Crippen molar-refractivity contribution in [3.63, 3.8) is 0 Å². The average Bonchev–Trinajstić information content (AvgIpc) is 3.38. The van der Waals surface area contributed by atoms with Crippen molar-refractivity contribution in [1.29, 1.82) is 0 Å². The van der Waals surface area contributed by atoms with E-state index in [2.05, 4.69) is 34.5 Å². The zero-order valence-corrected chi connectivity index (χ0v) is 15.4. The first kappa shape index (κ1) is 17.5. The summed E-state index contributed by atoms with van der Waals surface area (Å²) in [5.41, 5.74) is 2.30. The van der Waals surface area contributed by atoms with Crippen LogP contribution in [0.2, 0.25) is 0 Å². The number of hydrogen-bond donors (Lipinski definition) is 0. The first-order valence-corrected chi connectivity index (χ1v) is 9.55. The summed E-state index contributed by atoms with van der Waals surface area (Å²) < 4.78 is 2.04. The molecule has 138 valence electrons. The summed E-state index contributed by atoms with van der Waals surface area (Å²) in [7, 11) is 0. The van der Waals surface area contributed by atoms with Gasteiger partial charge in [-0.05, 0) is 36.5 Å². The van der Waals surface area contributed by atoms with Gasteiger partial charge in [-0.1, -0.05) is 48.5 Å². The van der Waals surface area contributed by atoms with Crippen molar-refractivity contribution in [3.05, 3.63) is 78.4 Å². The molecule has 1 amide bonds. The molecule has 1 aliphatic heterocycles. The third-order valence-corrected chi connectivity index (χ3v) is 5.23. The lowest BCUT2D eigenvalue weighted by Gasteiger charge is -2.16. The first-order chi connectivity index (χ1) is 13.3. The summed E-state index contributed by atoms with van der Waals surface area (Å²) in [5, 5.41) is 8.40. The Morgan fingerprint density at radius 1 is 1.04 bits per heavy atom. The fraction of sp³-hybridized carbons (Fsp3) is 0.318. The first-order valence-electron chi connectivity index (χ1n) is 9.55. The molecule has 0 saturated carbocycles. The number of aromatic nitrogens is 3. The minimum absolute atomic E-state index is 0.255. The van der Waals surface area contributed by atoms with Crippen LogP contribution in [0, 0.1) is 5.92 Å². The molecule has 4 rings (SSSR count). The summed E-state index contributed by atoms with van der Waals surface area (Å²) in [4.78, 5) is 14.6. The van der Waals surface area contributed by atoms with E-state index in [1.807, 2.05) is 45.9 Å². The normalized spacial score (nSPS) is 16.6. The number of nitrogens with zero attached hydrogens (tertiary/aromatic N) is 4. The van der Waals surface area contributed by atoms with Crippen molar-refractivity contribution in [2.75, 3.05) is 13.1 Å². The zero-order chi connectivity index (χ0) is 18.5. The van der Waals surface area contributed by atoms with E-state index in [-0.39, 0.29) is 5.91 Å². The van der Waals surface area contributed by atoms with Crippen molar-refractivity contribution in [1.82, 2.24) is 19.7 Å². The lowest BCUT2D eigenvalue weighted by atomic mass is 10.0. The average molecular weight is 360 g/mol. The predicted molar refractivity (Wildman–Crippen MR) is 105 cm³/mol. The highest BCUT2D eigenvalue weighted by atomic mass is 16.2. The highest BCUT2D eigenvalue weighted by Crippen LogP contribution is 2.22. The molecule has 5 heteroatoms. The molecule has 0 spiro atoms. The Morgan fingerprint density at radius 2 is 1.78 bits per heavy atom. The summed E-state index contributed by atoms with van der Waals surface area (Å²) >= 11 is 0. The smallest absolute Gasteiger partial charge is 0.222 e. The summed E-state index contributed by atoms with van der Waals surface area (Å²) in [6.45, 7) is 1.66. The van der Waals surface area contributed by atoms with E-state index in [0.29, 0.717) is 12.3 Å². The topological polar surface area (TPSA) is 51.0 Å². The quantitative estimate of drug-likeness (QED) is 0.678. The molecule has 27 heavy (non-hydrogen) atoms. The van der Waals surface area contributed by atoms with Crippen LogP contribution < -0.4 is 0 Å². The number of carbonyl (C=O) groups excluding carboxylic acids is 1. The second kappa shape index (κ2) is 8.16. The fourth-order valence-electron chi connectivity index (χ4n) is 3.74. The van der Waals surface area contributed by atoms with Crippen molar-refractivity contribution in [2.45, 2.75) is 25.7 Å². The standard InChI is InChI=1S/C22H24N4O/c27-22(12-11-18-7-3-1-4-8-18)25-14-13-19(16-25)15-21-24-23-17-26(21)20-9-5-2-6-10-20/h1-10,17,19H,11-16H2. The van der Waals surface area contributed by atoms with Crippen LogP contribution in [-0.2, 0) is 17.6 Å². The maximum Gasteiger partial charge on any atom is 0.222 e. The molecule has 2 heterocycles. The summed E-state index contributed by atoms with van der Waals surface area (Å²) in [6.07, 6.45) is 5.03. The van der Waals surface area contributed by atoms with Crippen molar-refractivity contribution in [3.8, 4) is 5.69 Å². The molecule has 3 aromatic rings. The van der Waals surface area contributed by atoms with Crippen LogP contribution in [0.25, 0.3) is 5.69 Å². The van der Waals surface area contributed by atoms with E-state index >= 15 is 0 Å². The maximum absolute atomic E-state index is 12.5. The van der Waals surface area contributed by atoms with Crippen LogP contribution in [-0.4, -0.2) is 38.7 Å². The molecular weight excluding hydrogens is 336 g/mol. The fourth-order valence-corrected chi connectivity index (χ4v) is 3.74. The second-order valence-corrected chi connectivity index (χ2v) is 7.14. The van der Waals surface area contributed by atoms with Crippen LogP contribution in [0.1, 0.15) is 24.2 Å². The number of amides is 1. The van der Waals surface area contributed by atoms with Gasteiger partial charge in [0.1, 0.15) is 12.2 Å². The van der Waals surface area contributed by atoms with Gasteiger partial charge in [0.25, 0.3) is 0 Å². The van der Waals surface area contributed by atoms with E-state index in [1.165, 1.54) is 5.56 Å². The van der Waals surface area contributed by atoms with Crippen LogP contribution in [0.15, 0.2) is 67.0 Å². The molecule has 1 fully saturated rings. The molecule has 5 nitrogen and oxygen atoms in total. The van der Waals surface area contributed by atoms with E-state index in [0.717, 1.165) is 43.9 Å². The van der Waals surface area contributed by atoms with Crippen LogP contribution in [0.3, 0.4) is 0 Å². The Balaban J connectivity index is 1.33. The Bertz CT molecular complexity index is 876. The third kappa shape index (κ3) is 4.25. The largest absolute Gasteiger partial charge is 0.342 e. The van der Waals surface area contributed by atoms with Gasteiger partial charge in [0.15, 0.2) is 0 Å². The van der Waals surface area contributed by atoms with E-state index in [1.54, 1.807) is 6.33 Å². The minimum Gasteiger partial charge on any atom is -0.342 e. The van der Waals surface area contributed by atoms with Crippen LogP contribution in [0.5, 0.6) is 0 Å². The van der Waals surface area contributed by atoms with Gasteiger partial charge in [-0.15, -0.1) is 10.2 Å². The minimum atomic E-state index is 0.255. The van der Waals surface area contributed by atoms with E-state index < -0.39 is 0 Å². The van der Waals surface area contributed by atoms with Gasteiger partial charge in [-0.25, -0.2) is 0 Å². The number of hydrogen-bond acceptors (Lipinski definition) is 3. The molecule has 1 aliphatic rings. The Hall–Kier alpha value is -2.95. The number of carbonyl (C=O) groups is 1. The number of aryl methyl sites for hydroxylation is 1.